The van der Waals surface area contributed by atoms with Crippen LogP contribution in [0.3, 0.4) is 0 Å². The third-order valence-corrected chi connectivity index (χ3v) is 4.52. The van der Waals surface area contributed by atoms with Crippen molar-refractivity contribution < 1.29 is 28.5 Å². The number of aryl methyl sites for hydroxylation is 1. The maximum atomic E-state index is 2.21. The quantitative estimate of drug-likeness (QED) is 0.240. The molecule has 4 rings (SSSR count). The molecule has 0 saturated heterocycles. The van der Waals surface area contributed by atoms with Crippen molar-refractivity contribution in [1.29, 1.82) is 0 Å². The van der Waals surface area contributed by atoms with E-state index in [1.807, 2.05) is 0 Å². The Bertz CT molecular complexity index is 987. The molecule has 0 fully saturated rings. The second-order valence-electron chi connectivity index (χ2n) is 6.16. The molecule has 4 aromatic rings. The number of halogens is 1. The minimum atomic E-state index is 0. The van der Waals surface area contributed by atoms with Crippen LogP contribution in [-0.4, -0.2) is 0 Å². The Morgan fingerprint density at radius 2 is 1.00 bits per heavy atom. The highest BCUT2D eigenvalue weighted by atomic mass is 127. The highest BCUT2D eigenvalue weighted by molar-refractivity contribution is 6.92. The molecule has 1 nitrogen and oxygen atoms in total. The van der Waals surface area contributed by atoms with Crippen molar-refractivity contribution in [2.45, 2.75) is 0 Å². The SMILES string of the molecule is C[n+]1ccc(-c2ccccc2)c(-c2ccccc2)c1-c1ccccc1.P.[I-]. The maximum absolute atomic E-state index is 2.21. The van der Waals surface area contributed by atoms with Crippen LogP contribution >= 0.6 is 9.90 Å². The van der Waals surface area contributed by atoms with Crippen molar-refractivity contribution in [1.82, 2.24) is 0 Å². The molecule has 0 saturated carbocycles. The summed E-state index contributed by atoms with van der Waals surface area (Å²) in [5.41, 5.74) is 7.44. The normalized spacial score (nSPS) is 9.81. The van der Waals surface area contributed by atoms with Gasteiger partial charge in [0.05, 0.1) is 5.56 Å². The molecule has 0 aliphatic rings. The van der Waals surface area contributed by atoms with E-state index in [0.29, 0.717) is 0 Å². The molecule has 27 heavy (non-hydrogen) atoms. The molecule has 3 heteroatoms. The molecule has 0 bridgehead atoms. The van der Waals surface area contributed by atoms with E-state index in [2.05, 4.69) is 115 Å². The van der Waals surface area contributed by atoms with Crippen LogP contribution in [0.15, 0.2) is 103 Å². The van der Waals surface area contributed by atoms with Crippen LogP contribution in [-0.2, 0) is 7.05 Å². The summed E-state index contributed by atoms with van der Waals surface area (Å²) in [5.74, 6) is 0. The predicted octanol–water partition coefficient (Wildman–Crippen LogP) is 2.57. The first-order valence-electron chi connectivity index (χ1n) is 8.53. The van der Waals surface area contributed by atoms with Gasteiger partial charge in [-0.05, 0) is 23.3 Å². The molecule has 1 unspecified atom stereocenters. The van der Waals surface area contributed by atoms with E-state index >= 15 is 0 Å². The fraction of sp³-hybridized carbons (Fsp3) is 0.0417. The number of hydrogen-bond donors (Lipinski definition) is 0. The second kappa shape index (κ2) is 9.77. The van der Waals surface area contributed by atoms with Gasteiger partial charge >= 0.3 is 0 Å². The number of rotatable bonds is 3. The fourth-order valence-electron chi connectivity index (χ4n) is 3.35. The van der Waals surface area contributed by atoms with Crippen LogP contribution < -0.4 is 28.5 Å². The molecule has 0 aliphatic carbocycles. The van der Waals surface area contributed by atoms with Crippen molar-refractivity contribution in [3.63, 3.8) is 0 Å². The molecular formula is C24H23INP. The van der Waals surface area contributed by atoms with Gasteiger partial charge in [-0.2, -0.15) is 9.90 Å². The summed E-state index contributed by atoms with van der Waals surface area (Å²) < 4.78 is 2.21. The van der Waals surface area contributed by atoms with E-state index in [9.17, 15) is 0 Å². The lowest BCUT2D eigenvalue weighted by molar-refractivity contribution is -0.659. The van der Waals surface area contributed by atoms with Crippen LogP contribution in [0.1, 0.15) is 0 Å². The first-order valence-corrected chi connectivity index (χ1v) is 8.53. The summed E-state index contributed by atoms with van der Waals surface area (Å²) in [7, 11) is 2.11. The molecule has 0 aliphatic heterocycles. The van der Waals surface area contributed by atoms with E-state index in [0.717, 1.165) is 0 Å². The largest absolute Gasteiger partial charge is 1.00 e. The molecule has 1 heterocycles. The van der Waals surface area contributed by atoms with E-state index in [1.165, 1.54) is 33.5 Å². The predicted molar refractivity (Wildman–Crippen MR) is 115 cm³/mol. The van der Waals surface area contributed by atoms with Crippen molar-refractivity contribution in [2.24, 2.45) is 7.05 Å². The van der Waals surface area contributed by atoms with Gasteiger partial charge in [-0.25, -0.2) is 4.57 Å². The summed E-state index contributed by atoms with van der Waals surface area (Å²) in [5, 5.41) is 0. The van der Waals surface area contributed by atoms with E-state index in [-0.39, 0.29) is 33.9 Å². The van der Waals surface area contributed by atoms with Crippen LogP contribution in [0.2, 0.25) is 0 Å². The summed E-state index contributed by atoms with van der Waals surface area (Å²) >= 11 is 0. The molecule has 0 spiro atoms. The average molecular weight is 483 g/mol. The van der Waals surface area contributed by atoms with E-state index in [4.69, 9.17) is 0 Å². The number of aromatic nitrogens is 1. The minimum Gasteiger partial charge on any atom is -1.00 e. The Balaban J connectivity index is 0.00000131. The monoisotopic (exact) mass is 483 g/mol. The third kappa shape index (κ3) is 4.45. The van der Waals surface area contributed by atoms with Gasteiger partial charge in [0, 0.05) is 17.2 Å². The average Bonchev–Trinajstić information content (AvgIpc) is 2.70. The highest BCUT2D eigenvalue weighted by Crippen LogP contribution is 2.37. The summed E-state index contributed by atoms with van der Waals surface area (Å²) in [6.45, 7) is 0. The zero-order valence-corrected chi connectivity index (χ0v) is 18.9. The van der Waals surface area contributed by atoms with Gasteiger partial charge in [-0.1, -0.05) is 78.9 Å². The van der Waals surface area contributed by atoms with Gasteiger partial charge in [-0.15, -0.1) is 0 Å². The standard InChI is InChI=1S/C24H20N.HI.H3P/c1-25-18-17-22(19-11-5-2-6-12-19)23(20-13-7-3-8-14-20)24(25)21-15-9-4-10-16-21;;/h2-18H,1H3;1H;1H3/q+1;;/p-1. The lowest BCUT2D eigenvalue weighted by Gasteiger charge is -2.14. The van der Waals surface area contributed by atoms with Crippen LogP contribution in [0.5, 0.6) is 0 Å². The number of hydrogen-bond acceptors (Lipinski definition) is 0. The Labute approximate surface area is 181 Å². The lowest BCUT2D eigenvalue weighted by atomic mass is 9.91. The van der Waals surface area contributed by atoms with Crippen molar-refractivity contribution in [2.75, 3.05) is 0 Å². The van der Waals surface area contributed by atoms with Crippen molar-refractivity contribution >= 4 is 9.90 Å². The molecule has 1 aromatic heterocycles. The number of nitrogens with zero attached hydrogens (tertiary/aromatic N) is 1. The number of benzene rings is 3. The summed E-state index contributed by atoms with van der Waals surface area (Å²) in [4.78, 5) is 0. The third-order valence-electron chi connectivity index (χ3n) is 4.52. The molecule has 136 valence electrons. The van der Waals surface area contributed by atoms with Crippen LogP contribution in [0.25, 0.3) is 33.5 Å². The smallest absolute Gasteiger partial charge is 0.220 e. The fourth-order valence-corrected chi connectivity index (χ4v) is 3.35. The Hall–Kier alpha value is -2.03. The Morgan fingerprint density at radius 1 is 0.556 bits per heavy atom. The van der Waals surface area contributed by atoms with Crippen LogP contribution in [0.4, 0.5) is 0 Å². The van der Waals surface area contributed by atoms with Gasteiger partial charge in [0.1, 0.15) is 7.05 Å². The van der Waals surface area contributed by atoms with Gasteiger partial charge in [-0.3, -0.25) is 0 Å². The van der Waals surface area contributed by atoms with Crippen LogP contribution in [0, 0.1) is 0 Å². The molecule has 0 radical (unpaired) electrons. The maximum Gasteiger partial charge on any atom is 0.220 e. The molecule has 0 amide bonds. The summed E-state index contributed by atoms with van der Waals surface area (Å²) in [6.07, 6.45) is 2.15. The molecule has 1 atom stereocenters. The Kier molecular flexibility index (Phi) is 7.70. The van der Waals surface area contributed by atoms with Gasteiger partial charge in [0.2, 0.25) is 5.69 Å². The Morgan fingerprint density at radius 3 is 1.52 bits per heavy atom. The summed E-state index contributed by atoms with van der Waals surface area (Å²) in [6, 6.07) is 34.1. The highest BCUT2D eigenvalue weighted by Gasteiger charge is 2.21. The van der Waals surface area contributed by atoms with E-state index < -0.39 is 0 Å². The topological polar surface area (TPSA) is 3.88 Å². The lowest BCUT2D eigenvalue weighted by Crippen LogP contribution is -3.00. The minimum absolute atomic E-state index is 0. The van der Waals surface area contributed by atoms with E-state index in [1.54, 1.807) is 0 Å². The van der Waals surface area contributed by atoms with Gasteiger partial charge in [0.15, 0.2) is 6.20 Å². The molecule has 3 aromatic carbocycles. The first-order chi connectivity index (χ1) is 12.3. The van der Waals surface area contributed by atoms with Crippen molar-refractivity contribution in [3.05, 3.63) is 103 Å². The molecular weight excluding hydrogens is 460 g/mol. The van der Waals surface area contributed by atoms with Gasteiger partial charge in [0.25, 0.3) is 0 Å². The first kappa shape index (κ1) is 21.3. The second-order valence-corrected chi connectivity index (χ2v) is 6.16. The zero-order valence-electron chi connectivity index (χ0n) is 15.3. The zero-order chi connectivity index (χ0) is 17.1. The van der Waals surface area contributed by atoms with Crippen molar-refractivity contribution in [3.8, 4) is 33.5 Å². The number of pyridine rings is 1. The molecule has 0 N–H and O–H groups in total. The van der Waals surface area contributed by atoms with Gasteiger partial charge < -0.3 is 24.0 Å².